The van der Waals surface area contributed by atoms with E-state index in [2.05, 4.69) is 4.72 Å². The van der Waals surface area contributed by atoms with Crippen LogP contribution in [0.5, 0.6) is 11.5 Å². The third-order valence-corrected chi connectivity index (χ3v) is 6.82. The van der Waals surface area contributed by atoms with Gasteiger partial charge in [-0.1, -0.05) is 42.5 Å². The average Bonchev–Trinajstić information content (AvgIpc) is 2.81. The third-order valence-electron chi connectivity index (χ3n) is 5.36. The van der Waals surface area contributed by atoms with Gasteiger partial charge >= 0.3 is 0 Å². The van der Waals surface area contributed by atoms with Gasteiger partial charge in [0.2, 0.25) is 15.9 Å². The Morgan fingerprint density at radius 1 is 1.03 bits per heavy atom. The molecule has 1 amide bonds. The first-order valence-electron chi connectivity index (χ1n) is 10.5. The lowest BCUT2D eigenvalue weighted by molar-refractivity contribution is -0.131. The monoisotopic (exact) mass is 454 g/mol. The number of carbonyl (C=O) groups excluding carboxylic acids is 1. The molecule has 1 heterocycles. The molecule has 1 N–H and O–H groups in total. The fourth-order valence-corrected chi connectivity index (χ4v) is 4.72. The molecule has 3 aromatic carbocycles. The first kappa shape index (κ1) is 22.1. The van der Waals surface area contributed by atoms with Crippen molar-refractivity contribution in [1.82, 2.24) is 9.62 Å². The van der Waals surface area contributed by atoms with E-state index in [0.29, 0.717) is 31.1 Å². The molecule has 1 aliphatic rings. The minimum absolute atomic E-state index is 0.0719. The largest absolute Gasteiger partial charge is 0.486 e. The van der Waals surface area contributed by atoms with E-state index in [4.69, 9.17) is 9.47 Å². The van der Waals surface area contributed by atoms with E-state index in [-0.39, 0.29) is 29.9 Å². The van der Waals surface area contributed by atoms with Gasteiger partial charge in [0.15, 0.2) is 17.6 Å². The molecule has 0 saturated heterocycles. The van der Waals surface area contributed by atoms with Gasteiger partial charge < -0.3 is 14.4 Å². The second-order valence-corrected chi connectivity index (χ2v) is 9.55. The minimum atomic E-state index is -3.63. The zero-order chi connectivity index (χ0) is 22.6. The maximum absolute atomic E-state index is 12.6. The molecule has 8 heteroatoms. The Hall–Kier alpha value is -3.10. The van der Waals surface area contributed by atoms with E-state index < -0.39 is 10.0 Å². The molecule has 0 radical (unpaired) electrons. The normalized spacial score (nSPS) is 15.5. The fourth-order valence-electron chi connectivity index (χ4n) is 3.62. The summed E-state index contributed by atoms with van der Waals surface area (Å²) in [6.07, 6.45) is 0.395. The molecule has 0 aromatic heterocycles. The molecular formula is C24H26N2O5S. The van der Waals surface area contributed by atoms with Crippen molar-refractivity contribution in [3.8, 4) is 11.5 Å². The highest BCUT2D eigenvalue weighted by molar-refractivity contribution is 7.89. The highest BCUT2D eigenvalue weighted by atomic mass is 32.2. The number of para-hydroxylation sites is 2. The Morgan fingerprint density at radius 3 is 2.56 bits per heavy atom. The van der Waals surface area contributed by atoms with Gasteiger partial charge in [0, 0.05) is 20.0 Å². The minimum Gasteiger partial charge on any atom is -0.486 e. The quantitative estimate of drug-likeness (QED) is 0.529. The maximum atomic E-state index is 12.6. The number of carbonyl (C=O) groups is 1. The maximum Gasteiger partial charge on any atom is 0.240 e. The number of ether oxygens (including phenoxy) is 2. The van der Waals surface area contributed by atoms with Gasteiger partial charge in [-0.15, -0.1) is 0 Å². The first-order valence-corrected chi connectivity index (χ1v) is 12.0. The predicted octanol–water partition coefficient (Wildman–Crippen LogP) is 3.20. The van der Waals surface area contributed by atoms with Gasteiger partial charge in [-0.2, -0.15) is 0 Å². The van der Waals surface area contributed by atoms with Crippen LogP contribution in [0.25, 0.3) is 10.8 Å². The molecule has 0 fully saturated rings. The van der Waals surface area contributed by atoms with E-state index in [1.54, 1.807) is 30.1 Å². The standard InChI is InChI=1S/C24H26N2O5S/c1-26(16-20-17-30-22-9-4-5-10-23(22)31-20)24(27)11-6-14-25-32(28,29)21-13-12-18-7-2-3-8-19(18)15-21/h2-5,7-10,12-13,15,20,25H,6,11,14,16-17H2,1H3. The highest BCUT2D eigenvalue weighted by Crippen LogP contribution is 2.31. The number of nitrogens with one attached hydrogen (secondary N) is 1. The van der Waals surface area contributed by atoms with E-state index in [1.165, 1.54) is 0 Å². The molecule has 32 heavy (non-hydrogen) atoms. The Morgan fingerprint density at radius 2 is 1.75 bits per heavy atom. The topological polar surface area (TPSA) is 84.9 Å². The summed E-state index contributed by atoms with van der Waals surface area (Å²) in [6.45, 7) is 0.960. The lowest BCUT2D eigenvalue weighted by Gasteiger charge is -2.29. The Bertz CT molecular complexity index is 1210. The van der Waals surface area contributed by atoms with E-state index in [9.17, 15) is 13.2 Å². The third kappa shape index (κ3) is 5.20. The number of fused-ring (bicyclic) bond motifs is 2. The molecule has 0 bridgehead atoms. The zero-order valence-corrected chi connectivity index (χ0v) is 18.7. The number of rotatable bonds is 8. The van der Waals surface area contributed by atoms with Crippen LogP contribution in [0.15, 0.2) is 71.6 Å². The van der Waals surface area contributed by atoms with Crippen LogP contribution in [-0.4, -0.2) is 52.1 Å². The van der Waals surface area contributed by atoms with Crippen LogP contribution in [0.4, 0.5) is 0 Å². The number of likely N-dealkylation sites (N-methyl/N-ethyl adjacent to an activating group) is 1. The van der Waals surface area contributed by atoms with Gasteiger partial charge in [0.1, 0.15) is 6.61 Å². The van der Waals surface area contributed by atoms with Crippen molar-refractivity contribution in [2.24, 2.45) is 0 Å². The zero-order valence-electron chi connectivity index (χ0n) is 17.9. The lowest BCUT2D eigenvalue weighted by Crippen LogP contribution is -2.41. The van der Waals surface area contributed by atoms with Crippen LogP contribution in [0.1, 0.15) is 12.8 Å². The molecule has 4 rings (SSSR count). The molecule has 0 spiro atoms. The summed E-state index contributed by atoms with van der Waals surface area (Å²) >= 11 is 0. The van der Waals surface area contributed by atoms with Crippen molar-refractivity contribution in [3.05, 3.63) is 66.7 Å². The first-order chi connectivity index (χ1) is 15.4. The van der Waals surface area contributed by atoms with Crippen LogP contribution >= 0.6 is 0 Å². The Kier molecular flexibility index (Phi) is 6.62. The van der Waals surface area contributed by atoms with Crippen molar-refractivity contribution >= 4 is 26.7 Å². The average molecular weight is 455 g/mol. The lowest BCUT2D eigenvalue weighted by atomic mass is 10.1. The van der Waals surface area contributed by atoms with Crippen LogP contribution in [-0.2, 0) is 14.8 Å². The fraction of sp³-hybridized carbons (Fsp3) is 0.292. The van der Waals surface area contributed by atoms with E-state index in [0.717, 1.165) is 10.8 Å². The second kappa shape index (κ2) is 9.58. The summed E-state index contributed by atoms with van der Waals surface area (Å²) < 4.78 is 39.3. The SMILES string of the molecule is CN(CC1COc2ccccc2O1)C(=O)CCCNS(=O)(=O)c1ccc2ccccc2c1. The summed E-state index contributed by atoms with van der Waals surface area (Å²) in [5, 5.41) is 1.85. The van der Waals surface area contributed by atoms with Crippen LogP contribution < -0.4 is 14.2 Å². The summed E-state index contributed by atoms with van der Waals surface area (Å²) in [5.41, 5.74) is 0. The van der Waals surface area contributed by atoms with E-state index in [1.807, 2.05) is 48.5 Å². The Labute approximate surface area is 188 Å². The van der Waals surface area contributed by atoms with Gasteiger partial charge in [0.05, 0.1) is 11.4 Å². The van der Waals surface area contributed by atoms with Crippen molar-refractivity contribution in [1.29, 1.82) is 0 Å². The molecule has 1 atom stereocenters. The van der Waals surface area contributed by atoms with Gasteiger partial charge in [0.25, 0.3) is 0 Å². The smallest absolute Gasteiger partial charge is 0.240 e. The second-order valence-electron chi connectivity index (χ2n) is 7.78. The molecule has 0 aliphatic carbocycles. The molecule has 0 saturated carbocycles. The number of benzene rings is 3. The van der Waals surface area contributed by atoms with Crippen LogP contribution in [0, 0.1) is 0 Å². The molecule has 1 aliphatic heterocycles. The molecule has 7 nitrogen and oxygen atoms in total. The number of nitrogens with zero attached hydrogens (tertiary/aromatic N) is 1. The van der Waals surface area contributed by atoms with Crippen molar-refractivity contribution < 1.29 is 22.7 Å². The predicted molar refractivity (Wildman–Crippen MR) is 122 cm³/mol. The summed E-state index contributed by atoms with van der Waals surface area (Å²) in [4.78, 5) is 14.3. The van der Waals surface area contributed by atoms with Gasteiger partial charge in [-0.25, -0.2) is 13.1 Å². The van der Waals surface area contributed by atoms with Crippen molar-refractivity contribution in [3.63, 3.8) is 0 Å². The van der Waals surface area contributed by atoms with Crippen LogP contribution in [0.2, 0.25) is 0 Å². The molecule has 3 aromatic rings. The number of hydrogen-bond donors (Lipinski definition) is 1. The van der Waals surface area contributed by atoms with Crippen LogP contribution in [0.3, 0.4) is 0 Å². The molecule has 168 valence electrons. The summed E-state index contributed by atoms with van der Waals surface area (Å²) in [7, 11) is -1.92. The van der Waals surface area contributed by atoms with Crippen molar-refractivity contribution in [2.75, 3.05) is 26.7 Å². The highest BCUT2D eigenvalue weighted by Gasteiger charge is 2.23. The van der Waals surface area contributed by atoms with Gasteiger partial charge in [-0.3, -0.25) is 4.79 Å². The summed E-state index contributed by atoms with van der Waals surface area (Å²) in [5.74, 6) is 1.31. The summed E-state index contributed by atoms with van der Waals surface area (Å²) in [6, 6.07) is 20.1. The van der Waals surface area contributed by atoms with Crippen molar-refractivity contribution in [2.45, 2.75) is 23.8 Å². The Balaban J connectivity index is 1.23. The number of sulfonamides is 1. The number of hydrogen-bond acceptors (Lipinski definition) is 5. The number of amides is 1. The van der Waals surface area contributed by atoms with E-state index >= 15 is 0 Å². The molecule has 1 unspecified atom stereocenters. The van der Waals surface area contributed by atoms with Gasteiger partial charge in [-0.05, 0) is 41.5 Å². The molecular weight excluding hydrogens is 428 g/mol.